The predicted octanol–water partition coefficient (Wildman–Crippen LogP) is 3.14. The highest BCUT2D eigenvalue weighted by Gasteiger charge is 2.23. The fourth-order valence-electron chi connectivity index (χ4n) is 2.87. The van der Waals surface area contributed by atoms with Gasteiger partial charge in [-0.15, -0.1) is 0 Å². The SMILES string of the molecule is COC(=O)[C@@H](CC(C)C)NC(=O)COC(=O)Cc1ccc(-c2ccccc2)cc1. The van der Waals surface area contributed by atoms with Crippen molar-refractivity contribution in [1.82, 2.24) is 5.32 Å². The number of hydrogen-bond acceptors (Lipinski definition) is 5. The Labute approximate surface area is 171 Å². The number of esters is 2. The fraction of sp³-hybridized carbons (Fsp3) is 0.348. The molecule has 2 aromatic rings. The number of benzene rings is 2. The molecule has 29 heavy (non-hydrogen) atoms. The molecule has 154 valence electrons. The largest absolute Gasteiger partial charge is 0.467 e. The van der Waals surface area contributed by atoms with Crippen LogP contribution in [-0.2, 0) is 30.3 Å². The molecule has 0 unspecified atom stereocenters. The minimum absolute atomic E-state index is 0.0643. The molecule has 2 aromatic carbocycles. The first-order valence-electron chi connectivity index (χ1n) is 9.56. The van der Waals surface area contributed by atoms with Crippen LogP contribution in [0.3, 0.4) is 0 Å². The standard InChI is InChI=1S/C23H27NO5/c1-16(2)13-20(23(27)28-3)24-21(25)15-29-22(26)14-17-9-11-19(12-10-17)18-7-5-4-6-8-18/h4-12,16,20H,13-15H2,1-3H3,(H,24,25)/t20-/m1/s1. The second kappa shape index (κ2) is 11.0. The number of carbonyl (C=O) groups excluding carboxylic acids is 3. The normalized spacial score (nSPS) is 11.6. The smallest absolute Gasteiger partial charge is 0.328 e. The zero-order chi connectivity index (χ0) is 21.2. The van der Waals surface area contributed by atoms with Crippen LogP contribution in [0.2, 0.25) is 0 Å². The van der Waals surface area contributed by atoms with Gasteiger partial charge < -0.3 is 14.8 Å². The minimum Gasteiger partial charge on any atom is -0.467 e. The number of carbonyl (C=O) groups is 3. The summed E-state index contributed by atoms with van der Waals surface area (Å²) in [5.74, 6) is -1.36. The Hall–Kier alpha value is -3.15. The summed E-state index contributed by atoms with van der Waals surface area (Å²) in [5.41, 5.74) is 2.95. The van der Waals surface area contributed by atoms with Gasteiger partial charge in [0, 0.05) is 0 Å². The van der Waals surface area contributed by atoms with E-state index < -0.39 is 30.5 Å². The quantitative estimate of drug-likeness (QED) is 0.658. The highest BCUT2D eigenvalue weighted by atomic mass is 16.5. The van der Waals surface area contributed by atoms with Gasteiger partial charge in [0.1, 0.15) is 6.04 Å². The lowest BCUT2D eigenvalue weighted by Crippen LogP contribution is -2.44. The number of rotatable bonds is 9. The topological polar surface area (TPSA) is 81.7 Å². The zero-order valence-electron chi connectivity index (χ0n) is 17.0. The maximum absolute atomic E-state index is 12.0. The molecule has 0 spiro atoms. The van der Waals surface area contributed by atoms with Gasteiger partial charge in [-0.25, -0.2) is 4.79 Å². The summed E-state index contributed by atoms with van der Waals surface area (Å²) in [6.45, 7) is 3.43. The molecule has 0 heterocycles. The monoisotopic (exact) mass is 397 g/mol. The van der Waals surface area contributed by atoms with E-state index in [9.17, 15) is 14.4 Å². The molecule has 0 aliphatic carbocycles. The van der Waals surface area contributed by atoms with Gasteiger partial charge >= 0.3 is 11.9 Å². The van der Waals surface area contributed by atoms with Crippen LogP contribution in [0.4, 0.5) is 0 Å². The number of ether oxygens (including phenoxy) is 2. The number of amides is 1. The van der Waals surface area contributed by atoms with Crippen LogP contribution in [0, 0.1) is 5.92 Å². The molecule has 0 saturated heterocycles. The molecule has 0 aromatic heterocycles. The summed E-state index contributed by atoms with van der Waals surface area (Å²) in [7, 11) is 1.27. The van der Waals surface area contributed by atoms with Crippen LogP contribution in [-0.4, -0.2) is 37.6 Å². The van der Waals surface area contributed by atoms with Gasteiger partial charge in [0.05, 0.1) is 13.5 Å². The van der Waals surface area contributed by atoms with E-state index in [0.717, 1.165) is 16.7 Å². The molecule has 2 rings (SSSR count). The van der Waals surface area contributed by atoms with Gasteiger partial charge in [0.15, 0.2) is 6.61 Å². The van der Waals surface area contributed by atoms with Gasteiger partial charge in [-0.1, -0.05) is 68.4 Å². The maximum Gasteiger partial charge on any atom is 0.328 e. The van der Waals surface area contributed by atoms with E-state index in [-0.39, 0.29) is 12.3 Å². The molecule has 6 nitrogen and oxygen atoms in total. The predicted molar refractivity (Wildman–Crippen MR) is 110 cm³/mol. The molecule has 0 aliphatic rings. The molecular weight excluding hydrogens is 370 g/mol. The van der Waals surface area contributed by atoms with E-state index in [1.54, 1.807) is 0 Å². The van der Waals surface area contributed by atoms with Crippen molar-refractivity contribution in [2.45, 2.75) is 32.7 Å². The van der Waals surface area contributed by atoms with Crippen molar-refractivity contribution in [3.8, 4) is 11.1 Å². The highest BCUT2D eigenvalue weighted by Crippen LogP contribution is 2.19. The van der Waals surface area contributed by atoms with Crippen molar-refractivity contribution in [2.24, 2.45) is 5.92 Å². The molecule has 0 aliphatic heterocycles. The second-order valence-electron chi connectivity index (χ2n) is 7.17. The first-order chi connectivity index (χ1) is 13.9. The van der Waals surface area contributed by atoms with E-state index in [4.69, 9.17) is 9.47 Å². The van der Waals surface area contributed by atoms with Gasteiger partial charge in [0.2, 0.25) is 0 Å². The van der Waals surface area contributed by atoms with Gasteiger partial charge in [0.25, 0.3) is 5.91 Å². The highest BCUT2D eigenvalue weighted by molar-refractivity contribution is 5.86. The van der Waals surface area contributed by atoms with Crippen LogP contribution in [0.5, 0.6) is 0 Å². The summed E-state index contributed by atoms with van der Waals surface area (Å²) in [4.78, 5) is 35.8. The average molecular weight is 397 g/mol. The lowest BCUT2D eigenvalue weighted by molar-refractivity contribution is -0.150. The molecule has 1 atom stereocenters. The molecule has 0 saturated carbocycles. The van der Waals surface area contributed by atoms with E-state index >= 15 is 0 Å². The van der Waals surface area contributed by atoms with Gasteiger partial charge in [-0.3, -0.25) is 9.59 Å². The van der Waals surface area contributed by atoms with Crippen molar-refractivity contribution in [3.05, 3.63) is 60.2 Å². The number of methoxy groups -OCH3 is 1. The molecule has 0 bridgehead atoms. The minimum atomic E-state index is -0.753. The first kappa shape index (κ1) is 22.1. The Balaban J connectivity index is 1.83. The number of hydrogen-bond donors (Lipinski definition) is 1. The van der Waals surface area contributed by atoms with Crippen LogP contribution in [0.1, 0.15) is 25.8 Å². The van der Waals surface area contributed by atoms with Crippen LogP contribution < -0.4 is 5.32 Å². The number of nitrogens with one attached hydrogen (secondary N) is 1. The Kier molecular flexibility index (Phi) is 8.40. The molecular formula is C23H27NO5. The third-order valence-corrected chi connectivity index (χ3v) is 4.30. The lowest BCUT2D eigenvalue weighted by atomic mass is 10.0. The Morgan fingerprint density at radius 3 is 2.14 bits per heavy atom. The lowest BCUT2D eigenvalue weighted by Gasteiger charge is -2.18. The van der Waals surface area contributed by atoms with E-state index in [0.29, 0.717) is 6.42 Å². The summed E-state index contributed by atoms with van der Waals surface area (Å²) in [6, 6.07) is 16.8. The van der Waals surface area contributed by atoms with Crippen molar-refractivity contribution in [2.75, 3.05) is 13.7 Å². The van der Waals surface area contributed by atoms with E-state index in [2.05, 4.69) is 5.32 Å². The molecule has 1 amide bonds. The van der Waals surface area contributed by atoms with Crippen molar-refractivity contribution < 1.29 is 23.9 Å². The Morgan fingerprint density at radius 1 is 0.931 bits per heavy atom. The fourth-order valence-corrected chi connectivity index (χ4v) is 2.87. The Morgan fingerprint density at radius 2 is 1.55 bits per heavy atom. The van der Waals surface area contributed by atoms with Gasteiger partial charge in [-0.2, -0.15) is 0 Å². The molecule has 6 heteroatoms. The third-order valence-electron chi connectivity index (χ3n) is 4.30. The van der Waals surface area contributed by atoms with E-state index in [1.807, 2.05) is 68.4 Å². The average Bonchev–Trinajstić information content (AvgIpc) is 2.72. The summed E-state index contributed by atoms with van der Waals surface area (Å²) in [6.07, 6.45) is 0.509. The maximum atomic E-state index is 12.0. The zero-order valence-corrected chi connectivity index (χ0v) is 17.0. The van der Waals surface area contributed by atoms with Crippen LogP contribution in [0.25, 0.3) is 11.1 Å². The molecule has 0 radical (unpaired) electrons. The van der Waals surface area contributed by atoms with Crippen molar-refractivity contribution in [1.29, 1.82) is 0 Å². The molecule has 1 N–H and O–H groups in total. The molecule has 0 fully saturated rings. The third kappa shape index (κ3) is 7.41. The summed E-state index contributed by atoms with van der Waals surface area (Å²) >= 11 is 0. The second-order valence-corrected chi connectivity index (χ2v) is 7.17. The van der Waals surface area contributed by atoms with Gasteiger partial charge in [-0.05, 0) is 29.0 Å². The van der Waals surface area contributed by atoms with Crippen molar-refractivity contribution in [3.63, 3.8) is 0 Å². The summed E-state index contributed by atoms with van der Waals surface area (Å²) in [5, 5.41) is 2.55. The van der Waals surface area contributed by atoms with Crippen LogP contribution in [0.15, 0.2) is 54.6 Å². The first-order valence-corrected chi connectivity index (χ1v) is 9.56. The van der Waals surface area contributed by atoms with Crippen molar-refractivity contribution >= 4 is 17.8 Å². The van der Waals surface area contributed by atoms with E-state index in [1.165, 1.54) is 7.11 Å². The van der Waals surface area contributed by atoms with Crippen LogP contribution >= 0.6 is 0 Å². The Bertz CT molecular complexity index is 815. The summed E-state index contributed by atoms with van der Waals surface area (Å²) < 4.78 is 9.74.